The Bertz CT molecular complexity index is 658. The van der Waals surface area contributed by atoms with Crippen LogP contribution in [0.15, 0.2) is 10.3 Å². The van der Waals surface area contributed by atoms with Gasteiger partial charge in [0.15, 0.2) is 4.34 Å². The number of nitrogens with one attached hydrogen (secondary N) is 1. The molecule has 0 aliphatic rings. The lowest BCUT2D eigenvalue weighted by Crippen LogP contribution is -2.45. The van der Waals surface area contributed by atoms with E-state index in [0.29, 0.717) is 17.9 Å². The van der Waals surface area contributed by atoms with Crippen LogP contribution in [0.5, 0.6) is 0 Å². The zero-order valence-corrected chi connectivity index (χ0v) is 13.9. The normalized spacial score (nSPS) is 13.0. The third-order valence-corrected chi connectivity index (χ3v) is 6.01. The van der Waals surface area contributed by atoms with E-state index in [9.17, 15) is 23.3 Å². The number of thiophene rings is 1. The van der Waals surface area contributed by atoms with Gasteiger partial charge in [0.05, 0.1) is 11.0 Å². The average Bonchev–Trinajstić information content (AvgIpc) is 2.79. The molecule has 0 saturated carbocycles. The molecule has 1 aromatic heterocycles. The Morgan fingerprint density at radius 3 is 2.62 bits per heavy atom. The maximum atomic E-state index is 12.1. The fourth-order valence-electron chi connectivity index (χ4n) is 1.42. The van der Waals surface area contributed by atoms with Gasteiger partial charge in [-0.05, 0) is 13.8 Å². The molecule has 0 aromatic carbocycles. The van der Waals surface area contributed by atoms with Gasteiger partial charge in [-0.25, -0.2) is 8.42 Å². The van der Waals surface area contributed by atoms with Crippen LogP contribution < -0.4 is 4.72 Å². The second kappa shape index (κ2) is 6.69. The summed E-state index contributed by atoms with van der Waals surface area (Å²) in [4.78, 5) is 23.1. The molecule has 1 N–H and O–H groups in total. The Morgan fingerprint density at radius 2 is 2.19 bits per heavy atom. The molecule has 0 fully saturated rings. The molecule has 1 rings (SSSR count). The SMILES string of the molecule is CCN(C)C(=O)C(C)NS(=O)(=O)c1cc([N+](=O)[O-])c(Cl)s1. The van der Waals surface area contributed by atoms with Gasteiger partial charge in [-0.3, -0.25) is 14.9 Å². The first-order chi connectivity index (χ1) is 9.60. The van der Waals surface area contributed by atoms with Crippen molar-refractivity contribution in [1.82, 2.24) is 9.62 Å². The van der Waals surface area contributed by atoms with Crippen LogP contribution >= 0.6 is 22.9 Å². The largest absolute Gasteiger partial charge is 0.345 e. The molecule has 0 radical (unpaired) electrons. The molecule has 0 aliphatic heterocycles. The van der Waals surface area contributed by atoms with Gasteiger partial charge in [0.25, 0.3) is 15.7 Å². The van der Waals surface area contributed by atoms with E-state index in [1.165, 1.54) is 11.8 Å². The molecule has 1 amide bonds. The predicted molar refractivity (Wildman–Crippen MR) is 79.1 cm³/mol. The molecule has 8 nitrogen and oxygen atoms in total. The lowest BCUT2D eigenvalue weighted by atomic mass is 10.3. The Morgan fingerprint density at radius 1 is 1.62 bits per heavy atom. The van der Waals surface area contributed by atoms with E-state index in [2.05, 4.69) is 4.72 Å². The van der Waals surface area contributed by atoms with E-state index in [0.717, 1.165) is 6.07 Å². The summed E-state index contributed by atoms with van der Waals surface area (Å²) in [7, 11) is -2.51. The molecular weight excluding hydrogens is 342 g/mol. The van der Waals surface area contributed by atoms with E-state index < -0.39 is 32.6 Å². The topological polar surface area (TPSA) is 110 Å². The molecule has 21 heavy (non-hydrogen) atoms. The summed E-state index contributed by atoms with van der Waals surface area (Å²) in [5.41, 5.74) is -0.480. The summed E-state index contributed by atoms with van der Waals surface area (Å²) in [6.45, 7) is 3.58. The summed E-state index contributed by atoms with van der Waals surface area (Å²) < 4.78 is 25.8. The van der Waals surface area contributed by atoms with Crippen molar-refractivity contribution in [3.05, 3.63) is 20.5 Å². The number of nitro groups is 1. The van der Waals surface area contributed by atoms with Crippen LogP contribution in [0.2, 0.25) is 4.34 Å². The number of carbonyl (C=O) groups excluding carboxylic acids is 1. The highest BCUT2D eigenvalue weighted by Crippen LogP contribution is 2.36. The average molecular weight is 356 g/mol. The number of halogens is 1. The summed E-state index contributed by atoms with van der Waals surface area (Å²) >= 11 is 6.19. The van der Waals surface area contributed by atoms with Gasteiger partial charge in [-0.2, -0.15) is 4.72 Å². The number of amides is 1. The standard InChI is InChI=1S/C10H14ClN3O5S2/c1-4-13(3)10(15)6(2)12-21(18,19)8-5-7(14(16)17)9(11)20-8/h5-6,12H,4H2,1-3H3. The highest BCUT2D eigenvalue weighted by atomic mass is 35.5. The maximum absolute atomic E-state index is 12.1. The molecule has 0 aliphatic carbocycles. The first kappa shape index (κ1) is 17.8. The van der Waals surface area contributed by atoms with Crippen molar-refractivity contribution in [3.63, 3.8) is 0 Å². The van der Waals surface area contributed by atoms with Crippen LogP contribution in [0.3, 0.4) is 0 Å². The van der Waals surface area contributed by atoms with Crippen LogP contribution in [-0.2, 0) is 14.8 Å². The molecule has 118 valence electrons. The molecule has 0 saturated heterocycles. The molecule has 11 heteroatoms. The third-order valence-electron chi connectivity index (χ3n) is 2.66. The van der Waals surface area contributed by atoms with Gasteiger partial charge in [-0.1, -0.05) is 11.6 Å². The Balaban J connectivity index is 2.99. The number of nitrogens with zero attached hydrogens (tertiary/aromatic N) is 2. The highest BCUT2D eigenvalue weighted by Gasteiger charge is 2.28. The van der Waals surface area contributed by atoms with Crippen molar-refractivity contribution in [2.75, 3.05) is 13.6 Å². The summed E-state index contributed by atoms with van der Waals surface area (Å²) in [6, 6.07) is -0.115. The van der Waals surface area contributed by atoms with Gasteiger partial charge >= 0.3 is 0 Å². The minimum atomic E-state index is -4.05. The molecule has 1 atom stereocenters. The minimum absolute atomic E-state index is 0.231. The monoisotopic (exact) mass is 355 g/mol. The van der Waals surface area contributed by atoms with Gasteiger partial charge in [0.2, 0.25) is 5.91 Å². The summed E-state index contributed by atoms with van der Waals surface area (Å²) in [6.07, 6.45) is 0. The maximum Gasteiger partial charge on any atom is 0.300 e. The van der Waals surface area contributed by atoms with Crippen molar-refractivity contribution < 1.29 is 18.1 Å². The smallest absolute Gasteiger partial charge is 0.300 e. The Kier molecular flexibility index (Phi) is 5.68. The number of carbonyl (C=O) groups is 1. The fraction of sp³-hybridized carbons (Fsp3) is 0.500. The minimum Gasteiger partial charge on any atom is -0.345 e. The molecule has 0 spiro atoms. The van der Waals surface area contributed by atoms with E-state index >= 15 is 0 Å². The van der Waals surface area contributed by atoms with Gasteiger partial charge in [0, 0.05) is 19.7 Å². The summed E-state index contributed by atoms with van der Waals surface area (Å²) in [5.74, 6) is -0.404. The number of hydrogen-bond acceptors (Lipinski definition) is 6. The van der Waals surface area contributed by atoms with Gasteiger partial charge < -0.3 is 4.90 Å². The van der Waals surface area contributed by atoms with Crippen LogP contribution in [-0.4, -0.2) is 43.8 Å². The number of likely N-dealkylation sites (N-methyl/N-ethyl adjacent to an activating group) is 1. The molecule has 0 bridgehead atoms. The van der Waals surface area contributed by atoms with Crippen molar-refractivity contribution >= 4 is 44.6 Å². The second-order valence-electron chi connectivity index (χ2n) is 4.18. The van der Waals surface area contributed by atoms with Crippen LogP contribution in [0.4, 0.5) is 5.69 Å². The first-order valence-electron chi connectivity index (χ1n) is 5.81. The van der Waals surface area contributed by atoms with E-state index in [1.54, 1.807) is 14.0 Å². The Labute approximate surface area is 130 Å². The van der Waals surface area contributed by atoms with Crippen molar-refractivity contribution in [1.29, 1.82) is 0 Å². The zero-order valence-electron chi connectivity index (χ0n) is 11.5. The first-order valence-corrected chi connectivity index (χ1v) is 8.49. The fourth-order valence-corrected chi connectivity index (χ4v) is 4.30. The highest BCUT2D eigenvalue weighted by molar-refractivity contribution is 7.91. The molecule has 1 aromatic rings. The van der Waals surface area contributed by atoms with E-state index in [1.807, 2.05) is 0 Å². The lowest BCUT2D eigenvalue weighted by Gasteiger charge is -2.20. The number of rotatable bonds is 6. The quantitative estimate of drug-likeness (QED) is 0.613. The molecule has 1 unspecified atom stereocenters. The zero-order chi connectivity index (χ0) is 16.4. The molecule has 1 heterocycles. The van der Waals surface area contributed by atoms with Crippen molar-refractivity contribution in [2.45, 2.75) is 24.1 Å². The van der Waals surface area contributed by atoms with Crippen LogP contribution in [0.25, 0.3) is 0 Å². The number of sulfonamides is 1. The Hall–Kier alpha value is -1.23. The van der Waals surface area contributed by atoms with Gasteiger partial charge in [0.1, 0.15) is 4.21 Å². The molecular formula is C10H14ClN3O5S2. The predicted octanol–water partition coefficient (Wildman–Crippen LogP) is 1.45. The third kappa shape index (κ3) is 4.13. The van der Waals surface area contributed by atoms with Crippen LogP contribution in [0.1, 0.15) is 13.8 Å². The van der Waals surface area contributed by atoms with Gasteiger partial charge in [-0.15, -0.1) is 11.3 Å². The van der Waals surface area contributed by atoms with Crippen LogP contribution in [0, 0.1) is 10.1 Å². The second-order valence-corrected chi connectivity index (χ2v) is 7.77. The van der Waals surface area contributed by atoms with Crippen molar-refractivity contribution in [2.24, 2.45) is 0 Å². The van der Waals surface area contributed by atoms with E-state index in [-0.39, 0.29) is 8.55 Å². The lowest BCUT2D eigenvalue weighted by molar-refractivity contribution is -0.384. The van der Waals surface area contributed by atoms with E-state index in [4.69, 9.17) is 11.6 Å². The number of hydrogen-bond donors (Lipinski definition) is 1. The van der Waals surface area contributed by atoms with Crippen molar-refractivity contribution in [3.8, 4) is 0 Å². The summed E-state index contributed by atoms with van der Waals surface area (Å²) in [5, 5.41) is 10.7.